The third-order valence-corrected chi connectivity index (χ3v) is 3.77. The second-order valence-corrected chi connectivity index (χ2v) is 5.67. The highest BCUT2D eigenvalue weighted by molar-refractivity contribution is 5.91. The lowest BCUT2D eigenvalue weighted by atomic mass is 10.2. The Morgan fingerprint density at radius 1 is 1.27 bits per heavy atom. The average Bonchev–Trinajstić information content (AvgIpc) is 2.69. The molecule has 0 spiro atoms. The number of carbonyl (C=O) groups excluding carboxylic acids is 1. The van der Waals surface area contributed by atoms with E-state index in [-0.39, 0.29) is 5.91 Å². The van der Waals surface area contributed by atoms with Gasteiger partial charge in [0, 0.05) is 38.0 Å². The van der Waals surface area contributed by atoms with Crippen LogP contribution in [0.15, 0.2) is 61.3 Å². The van der Waals surface area contributed by atoms with Crippen LogP contribution < -0.4 is 9.47 Å². The van der Waals surface area contributed by atoms with Crippen LogP contribution in [0.4, 0.5) is 0 Å². The first-order valence-electron chi connectivity index (χ1n) is 8.39. The Morgan fingerprint density at radius 2 is 2.12 bits per heavy atom. The Hall–Kier alpha value is -3.08. The number of amides is 1. The van der Waals surface area contributed by atoms with Crippen LogP contribution >= 0.6 is 0 Å². The van der Waals surface area contributed by atoms with Gasteiger partial charge in [-0.05, 0) is 35.9 Å². The standard InChI is InChI=1S/C21H24N2O3/c1-4-15-26-19-10-8-17(16-20(19)25-3)9-11-21(24)23(2)14-12-18-7-5-6-13-22-18/h4-11,13,16H,1,12,14-15H2,2-3H3. The largest absolute Gasteiger partial charge is 0.493 e. The van der Waals surface area contributed by atoms with Crippen LogP contribution in [0, 0.1) is 0 Å². The van der Waals surface area contributed by atoms with E-state index in [1.54, 1.807) is 43.5 Å². The molecule has 0 aliphatic heterocycles. The molecule has 2 aromatic rings. The molecule has 0 fully saturated rings. The third-order valence-electron chi connectivity index (χ3n) is 3.77. The van der Waals surface area contributed by atoms with Gasteiger partial charge in [-0.25, -0.2) is 0 Å². The van der Waals surface area contributed by atoms with Crippen LogP contribution in [-0.4, -0.2) is 43.1 Å². The normalized spacial score (nSPS) is 10.5. The summed E-state index contributed by atoms with van der Waals surface area (Å²) in [6.45, 7) is 4.64. The summed E-state index contributed by atoms with van der Waals surface area (Å²) >= 11 is 0. The van der Waals surface area contributed by atoms with E-state index in [1.165, 1.54) is 0 Å². The number of pyridine rings is 1. The van der Waals surface area contributed by atoms with Crippen molar-refractivity contribution in [1.29, 1.82) is 0 Å². The van der Waals surface area contributed by atoms with Crippen molar-refractivity contribution in [2.45, 2.75) is 6.42 Å². The smallest absolute Gasteiger partial charge is 0.246 e. The highest BCUT2D eigenvalue weighted by Crippen LogP contribution is 2.28. The lowest BCUT2D eigenvalue weighted by Gasteiger charge is -2.14. The lowest BCUT2D eigenvalue weighted by Crippen LogP contribution is -2.27. The van der Waals surface area contributed by atoms with Crippen LogP contribution in [0.1, 0.15) is 11.3 Å². The summed E-state index contributed by atoms with van der Waals surface area (Å²) in [7, 11) is 3.36. The van der Waals surface area contributed by atoms with Gasteiger partial charge in [-0.1, -0.05) is 24.8 Å². The van der Waals surface area contributed by atoms with Gasteiger partial charge in [-0.15, -0.1) is 0 Å². The highest BCUT2D eigenvalue weighted by atomic mass is 16.5. The summed E-state index contributed by atoms with van der Waals surface area (Å²) in [5.41, 5.74) is 1.83. The first-order valence-corrected chi connectivity index (χ1v) is 8.39. The molecule has 5 heteroatoms. The van der Waals surface area contributed by atoms with E-state index in [9.17, 15) is 4.79 Å². The van der Waals surface area contributed by atoms with E-state index in [0.717, 1.165) is 17.7 Å². The molecule has 5 nitrogen and oxygen atoms in total. The quantitative estimate of drug-likeness (QED) is 0.513. The first-order chi connectivity index (χ1) is 12.6. The Bertz CT molecular complexity index is 757. The molecular weight excluding hydrogens is 328 g/mol. The molecule has 0 saturated carbocycles. The van der Waals surface area contributed by atoms with Gasteiger partial charge < -0.3 is 14.4 Å². The Kier molecular flexibility index (Phi) is 7.43. The second kappa shape index (κ2) is 10.0. The number of ether oxygens (including phenoxy) is 2. The molecule has 136 valence electrons. The van der Waals surface area contributed by atoms with Crippen LogP contribution in [0.5, 0.6) is 11.5 Å². The molecule has 0 bridgehead atoms. The summed E-state index contributed by atoms with van der Waals surface area (Å²) in [6, 6.07) is 11.3. The molecule has 1 heterocycles. The lowest BCUT2D eigenvalue weighted by molar-refractivity contribution is -0.124. The summed E-state index contributed by atoms with van der Waals surface area (Å²) in [6.07, 6.45) is 7.47. The number of methoxy groups -OCH3 is 1. The zero-order valence-corrected chi connectivity index (χ0v) is 15.2. The van der Waals surface area contributed by atoms with Crippen molar-refractivity contribution in [1.82, 2.24) is 9.88 Å². The molecule has 1 amide bonds. The predicted molar refractivity (Wildman–Crippen MR) is 103 cm³/mol. The molecule has 0 unspecified atom stereocenters. The summed E-state index contributed by atoms with van der Waals surface area (Å²) in [5, 5.41) is 0. The molecule has 1 aromatic heterocycles. The SMILES string of the molecule is C=CCOc1ccc(C=CC(=O)N(C)CCc2ccccn2)cc1OC. The first kappa shape index (κ1) is 19.2. The monoisotopic (exact) mass is 352 g/mol. The van der Waals surface area contributed by atoms with E-state index in [2.05, 4.69) is 11.6 Å². The molecule has 0 atom stereocenters. The van der Waals surface area contributed by atoms with Crippen molar-refractivity contribution >= 4 is 12.0 Å². The van der Waals surface area contributed by atoms with E-state index >= 15 is 0 Å². The highest BCUT2D eigenvalue weighted by Gasteiger charge is 2.07. The molecule has 1 aromatic carbocycles. The van der Waals surface area contributed by atoms with Gasteiger partial charge in [0.1, 0.15) is 6.61 Å². The number of hydrogen-bond acceptors (Lipinski definition) is 4. The van der Waals surface area contributed by atoms with Gasteiger partial charge in [0.2, 0.25) is 5.91 Å². The minimum Gasteiger partial charge on any atom is -0.493 e. The van der Waals surface area contributed by atoms with E-state index in [0.29, 0.717) is 24.7 Å². The van der Waals surface area contributed by atoms with Gasteiger partial charge in [0.15, 0.2) is 11.5 Å². The topological polar surface area (TPSA) is 51.7 Å². The number of nitrogens with zero attached hydrogens (tertiary/aromatic N) is 2. The third kappa shape index (κ3) is 5.77. The zero-order valence-electron chi connectivity index (χ0n) is 15.2. The molecule has 0 N–H and O–H groups in total. The Labute approximate surface area is 154 Å². The maximum Gasteiger partial charge on any atom is 0.246 e. The Balaban J connectivity index is 1.94. The van der Waals surface area contributed by atoms with Gasteiger partial charge >= 0.3 is 0 Å². The maximum absolute atomic E-state index is 12.3. The summed E-state index contributed by atoms with van der Waals surface area (Å²) < 4.78 is 10.9. The van der Waals surface area contributed by atoms with Gasteiger partial charge in [0.05, 0.1) is 7.11 Å². The van der Waals surface area contributed by atoms with Crippen molar-refractivity contribution in [3.63, 3.8) is 0 Å². The fraction of sp³-hybridized carbons (Fsp3) is 0.238. The minimum absolute atomic E-state index is 0.0631. The fourth-order valence-corrected chi connectivity index (χ4v) is 2.29. The van der Waals surface area contributed by atoms with Gasteiger partial charge in [-0.2, -0.15) is 0 Å². The van der Waals surface area contributed by atoms with E-state index in [4.69, 9.17) is 9.47 Å². The predicted octanol–water partition coefficient (Wildman–Crippen LogP) is 3.37. The van der Waals surface area contributed by atoms with E-state index < -0.39 is 0 Å². The van der Waals surface area contributed by atoms with Crippen LogP contribution in [0.25, 0.3) is 6.08 Å². The van der Waals surface area contributed by atoms with Crippen molar-refractivity contribution in [2.75, 3.05) is 27.3 Å². The average molecular weight is 352 g/mol. The van der Waals surface area contributed by atoms with Crippen LogP contribution in [0.2, 0.25) is 0 Å². The van der Waals surface area contributed by atoms with Gasteiger partial charge in [0.25, 0.3) is 0 Å². The molecule has 26 heavy (non-hydrogen) atoms. The number of benzene rings is 1. The maximum atomic E-state index is 12.3. The van der Waals surface area contributed by atoms with E-state index in [1.807, 2.05) is 36.4 Å². The number of rotatable bonds is 9. The fourth-order valence-electron chi connectivity index (χ4n) is 2.29. The van der Waals surface area contributed by atoms with Crippen molar-refractivity contribution in [3.8, 4) is 11.5 Å². The van der Waals surface area contributed by atoms with Crippen LogP contribution in [-0.2, 0) is 11.2 Å². The summed E-state index contributed by atoms with van der Waals surface area (Å²) in [4.78, 5) is 18.2. The van der Waals surface area contributed by atoms with Crippen molar-refractivity contribution in [3.05, 3.63) is 72.6 Å². The summed E-state index contributed by atoms with van der Waals surface area (Å²) in [5.74, 6) is 1.19. The molecule has 0 saturated heterocycles. The molecular formula is C21H24N2O3. The number of likely N-dealkylation sites (N-methyl/N-ethyl adjacent to an activating group) is 1. The molecule has 0 radical (unpaired) electrons. The Morgan fingerprint density at radius 3 is 2.81 bits per heavy atom. The zero-order chi connectivity index (χ0) is 18.8. The minimum atomic E-state index is -0.0631. The van der Waals surface area contributed by atoms with Crippen molar-refractivity contribution < 1.29 is 14.3 Å². The molecule has 0 aliphatic rings. The van der Waals surface area contributed by atoms with Gasteiger partial charge in [-0.3, -0.25) is 9.78 Å². The number of carbonyl (C=O) groups is 1. The molecule has 2 rings (SSSR count). The van der Waals surface area contributed by atoms with Crippen molar-refractivity contribution in [2.24, 2.45) is 0 Å². The van der Waals surface area contributed by atoms with Crippen LogP contribution in [0.3, 0.4) is 0 Å². The second-order valence-electron chi connectivity index (χ2n) is 5.67. The molecule has 0 aliphatic carbocycles. The number of hydrogen-bond donors (Lipinski definition) is 0. The number of aromatic nitrogens is 1.